The maximum atomic E-state index is 12.1. The van der Waals surface area contributed by atoms with E-state index in [2.05, 4.69) is 45.5 Å². The van der Waals surface area contributed by atoms with Crippen LogP contribution in [0.5, 0.6) is 0 Å². The number of fused-ring (bicyclic) bond motifs is 3. The Kier molecular flexibility index (Phi) is 3.09. The Morgan fingerprint density at radius 2 is 2.14 bits per heavy atom. The van der Waals surface area contributed by atoms with Crippen molar-refractivity contribution in [3.8, 4) is 0 Å². The van der Waals surface area contributed by atoms with Crippen LogP contribution in [0.15, 0.2) is 11.4 Å². The van der Waals surface area contributed by atoms with Gasteiger partial charge in [0.2, 0.25) is 5.91 Å². The van der Waals surface area contributed by atoms with Gasteiger partial charge in [-0.2, -0.15) is 0 Å². The van der Waals surface area contributed by atoms with Gasteiger partial charge in [0, 0.05) is 18.2 Å². The number of allylic oxidation sites excluding steroid dienone is 1. The molecule has 3 unspecified atom stereocenters. The number of rotatable bonds is 2. The lowest BCUT2D eigenvalue weighted by Crippen LogP contribution is -2.72. The summed E-state index contributed by atoms with van der Waals surface area (Å²) in [4.78, 5) is 14.5. The molecule has 4 rings (SSSR count). The number of hydrogen-bond acceptors (Lipinski definition) is 6. The van der Waals surface area contributed by atoms with Crippen molar-refractivity contribution >= 4 is 5.91 Å². The highest BCUT2D eigenvalue weighted by atomic mass is 16.2. The van der Waals surface area contributed by atoms with Crippen LogP contribution in [-0.2, 0) is 4.79 Å². The van der Waals surface area contributed by atoms with E-state index >= 15 is 0 Å². The second kappa shape index (κ2) is 4.86. The van der Waals surface area contributed by atoms with Crippen molar-refractivity contribution in [3.05, 3.63) is 11.4 Å². The number of hydrogen-bond donors (Lipinski definition) is 4. The van der Waals surface area contributed by atoms with Crippen molar-refractivity contribution in [2.75, 3.05) is 20.1 Å². The Hall–Kier alpha value is -1.31. The molecule has 3 aliphatic heterocycles. The molecule has 7 nitrogen and oxygen atoms in total. The molecule has 3 fully saturated rings. The first-order valence-corrected chi connectivity index (χ1v) is 7.90. The fourth-order valence-electron chi connectivity index (χ4n) is 3.77. The number of nitrogens with one attached hydrogen (secondary N) is 4. The summed E-state index contributed by atoms with van der Waals surface area (Å²) in [6.07, 6.45) is 3.19. The van der Waals surface area contributed by atoms with Crippen molar-refractivity contribution in [1.29, 1.82) is 0 Å². The van der Waals surface area contributed by atoms with E-state index in [1.54, 1.807) is 0 Å². The normalized spacial score (nSPS) is 36.1. The Bertz CT molecular complexity index is 488. The molecule has 4 N–H and O–H groups in total. The van der Waals surface area contributed by atoms with Gasteiger partial charge >= 0.3 is 0 Å². The summed E-state index contributed by atoms with van der Waals surface area (Å²) in [5, 5.41) is 8.97. The highest BCUT2D eigenvalue weighted by molar-refractivity contribution is 5.81. The molecule has 7 heteroatoms. The van der Waals surface area contributed by atoms with Crippen LogP contribution >= 0.6 is 0 Å². The van der Waals surface area contributed by atoms with Gasteiger partial charge in [-0.3, -0.25) is 20.0 Å². The van der Waals surface area contributed by atoms with Gasteiger partial charge in [-0.05, 0) is 39.8 Å². The minimum Gasteiger partial charge on any atom is -0.339 e. The molecule has 0 radical (unpaired) electrons. The van der Waals surface area contributed by atoms with Crippen LogP contribution in [0.3, 0.4) is 0 Å². The number of piperidine rings is 1. The van der Waals surface area contributed by atoms with Crippen LogP contribution in [0.2, 0.25) is 0 Å². The highest BCUT2D eigenvalue weighted by Crippen LogP contribution is 2.32. The topological polar surface area (TPSA) is 71.7 Å². The molecule has 0 spiro atoms. The minimum atomic E-state index is 0.0334. The van der Waals surface area contributed by atoms with Gasteiger partial charge in [0.15, 0.2) is 0 Å². The quantitative estimate of drug-likeness (QED) is 0.527. The molecular weight excluding hydrogens is 268 g/mol. The second-order valence-corrected chi connectivity index (χ2v) is 6.65. The van der Waals surface area contributed by atoms with E-state index in [1.165, 1.54) is 11.4 Å². The summed E-state index contributed by atoms with van der Waals surface area (Å²) in [5.41, 5.74) is 9.00. The Morgan fingerprint density at radius 1 is 1.33 bits per heavy atom. The number of carbonyl (C=O) groups is 1. The number of piperazine rings is 1. The smallest absolute Gasteiger partial charge is 0.224 e. The van der Waals surface area contributed by atoms with Crippen LogP contribution in [0.25, 0.3) is 0 Å². The third-order valence-electron chi connectivity index (χ3n) is 5.11. The zero-order chi connectivity index (χ0) is 14.6. The summed E-state index contributed by atoms with van der Waals surface area (Å²) < 4.78 is 0. The fraction of sp³-hybridized carbons (Fsp3) is 0.786. The van der Waals surface area contributed by atoms with Gasteiger partial charge in [-0.15, -0.1) is 5.53 Å². The number of hydrazine groups is 2. The third-order valence-corrected chi connectivity index (χ3v) is 5.11. The van der Waals surface area contributed by atoms with Gasteiger partial charge in [0.1, 0.15) is 0 Å². The van der Waals surface area contributed by atoms with E-state index < -0.39 is 0 Å². The number of nitrogens with zero attached hydrogens (tertiary/aromatic N) is 2. The Balaban J connectivity index is 1.54. The zero-order valence-electron chi connectivity index (χ0n) is 12.6. The Morgan fingerprint density at radius 3 is 2.90 bits per heavy atom. The highest BCUT2D eigenvalue weighted by Gasteiger charge is 2.46. The predicted molar refractivity (Wildman–Crippen MR) is 78.3 cm³/mol. The fourth-order valence-corrected chi connectivity index (χ4v) is 3.77. The van der Waals surface area contributed by atoms with Crippen LogP contribution < -0.4 is 21.6 Å². The third kappa shape index (κ3) is 2.20. The molecule has 1 amide bonds. The lowest BCUT2D eigenvalue weighted by molar-refractivity contribution is -0.124. The number of carbonyl (C=O) groups excluding carboxylic acids is 1. The molecule has 3 atom stereocenters. The summed E-state index contributed by atoms with van der Waals surface area (Å²) in [6, 6.07) is 0.653. The van der Waals surface area contributed by atoms with Crippen LogP contribution in [0, 0.1) is 5.92 Å². The van der Waals surface area contributed by atoms with E-state index in [0.717, 1.165) is 32.4 Å². The largest absolute Gasteiger partial charge is 0.339 e. The zero-order valence-corrected chi connectivity index (χ0v) is 12.6. The second-order valence-electron chi connectivity index (χ2n) is 6.65. The first-order chi connectivity index (χ1) is 10.1. The van der Waals surface area contributed by atoms with Gasteiger partial charge in [0.25, 0.3) is 0 Å². The van der Waals surface area contributed by atoms with Gasteiger partial charge in [-0.25, -0.2) is 0 Å². The molecule has 116 valence electrons. The summed E-state index contributed by atoms with van der Waals surface area (Å²) in [6.45, 7) is 3.92. The van der Waals surface area contributed by atoms with Gasteiger partial charge in [-0.1, -0.05) is 0 Å². The standard InChI is InChI=1S/C14H24N6O/c1-8-11-7-19(2)12-10(20(11)18-17-8)5-6-15-13(12)16-14(21)9-3-4-9/h9-10,12-13,15,17-18H,3-7H2,1-2H3,(H,16,21). The van der Waals surface area contributed by atoms with E-state index in [-0.39, 0.29) is 24.0 Å². The molecule has 1 saturated carbocycles. The molecule has 2 saturated heterocycles. The lowest BCUT2D eigenvalue weighted by Gasteiger charge is -2.51. The molecule has 0 aromatic rings. The lowest BCUT2D eigenvalue weighted by atomic mass is 9.92. The van der Waals surface area contributed by atoms with E-state index in [0.29, 0.717) is 6.04 Å². The average Bonchev–Trinajstić information content (AvgIpc) is 3.25. The average molecular weight is 292 g/mol. The van der Waals surface area contributed by atoms with Crippen LogP contribution in [0.4, 0.5) is 0 Å². The van der Waals surface area contributed by atoms with Crippen molar-refractivity contribution in [2.24, 2.45) is 5.92 Å². The minimum absolute atomic E-state index is 0.0334. The van der Waals surface area contributed by atoms with Crippen LogP contribution in [-0.4, -0.2) is 54.2 Å². The number of likely N-dealkylation sites (N-methyl/N-ethyl adjacent to an activating group) is 1. The molecule has 3 heterocycles. The maximum absolute atomic E-state index is 12.1. The summed E-state index contributed by atoms with van der Waals surface area (Å²) >= 11 is 0. The van der Waals surface area contributed by atoms with Gasteiger partial charge in [0.05, 0.1) is 23.9 Å². The van der Waals surface area contributed by atoms with Crippen molar-refractivity contribution in [2.45, 2.75) is 44.4 Å². The number of amides is 1. The van der Waals surface area contributed by atoms with Crippen molar-refractivity contribution in [1.82, 2.24) is 31.5 Å². The van der Waals surface area contributed by atoms with Crippen LogP contribution in [0.1, 0.15) is 26.2 Å². The first kappa shape index (κ1) is 13.4. The monoisotopic (exact) mass is 292 g/mol. The molecule has 21 heavy (non-hydrogen) atoms. The molecular formula is C14H24N6O. The van der Waals surface area contributed by atoms with E-state index in [9.17, 15) is 4.79 Å². The summed E-state index contributed by atoms with van der Waals surface area (Å²) in [7, 11) is 2.15. The SMILES string of the molecule is CC1=C2CN(C)C3C(NC(=O)C4CC4)NCCC3N2NN1. The van der Waals surface area contributed by atoms with Gasteiger partial charge < -0.3 is 10.7 Å². The molecule has 0 bridgehead atoms. The maximum Gasteiger partial charge on any atom is 0.224 e. The summed E-state index contributed by atoms with van der Waals surface area (Å²) in [5.74, 6) is 0.469. The molecule has 0 aromatic carbocycles. The first-order valence-electron chi connectivity index (χ1n) is 7.90. The van der Waals surface area contributed by atoms with E-state index in [4.69, 9.17) is 0 Å². The molecule has 1 aliphatic carbocycles. The molecule has 4 aliphatic rings. The van der Waals surface area contributed by atoms with Crippen molar-refractivity contribution < 1.29 is 4.79 Å². The predicted octanol–water partition coefficient (Wildman–Crippen LogP) is -0.929. The molecule has 0 aromatic heterocycles. The Labute approximate surface area is 125 Å². The van der Waals surface area contributed by atoms with Crippen molar-refractivity contribution in [3.63, 3.8) is 0 Å². The van der Waals surface area contributed by atoms with E-state index in [1.807, 2.05) is 0 Å².